The number of phenolic OH excluding ortho intramolecular Hbond substituents is 1. The SMILES string of the molecule is N#C/C(=C/c1ccc(OCc2ccc(Cl)cc2Cl)cc1)C(=O)Nc1ccc([N+](=O)[O-])cc1O. The summed E-state index contributed by atoms with van der Waals surface area (Å²) in [5.41, 5.74) is 0.711. The van der Waals surface area contributed by atoms with E-state index in [4.69, 9.17) is 27.9 Å². The van der Waals surface area contributed by atoms with Crippen molar-refractivity contribution in [1.29, 1.82) is 5.26 Å². The van der Waals surface area contributed by atoms with Crippen LogP contribution in [0.15, 0.2) is 66.2 Å². The van der Waals surface area contributed by atoms with Gasteiger partial charge in [0.05, 0.1) is 16.7 Å². The van der Waals surface area contributed by atoms with E-state index in [1.165, 1.54) is 12.1 Å². The monoisotopic (exact) mass is 483 g/mol. The van der Waals surface area contributed by atoms with E-state index in [9.17, 15) is 25.3 Å². The van der Waals surface area contributed by atoms with Crippen LogP contribution in [-0.4, -0.2) is 15.9 Å². The zero-order valence-corrected chi connectivity index (χ0v) is 18.3. The predicted molar refractivity (Wildman–Crippen MR) is 124 cm³/mol. The average molecular weight is 484 g/mol. The lowest BCUT2D eigenvalue weighted by Crippen LogP contribution is -2.13. The summed E-state index contributed by atoms with van der Waals surface area (Å²) in [4.78, 5) is 22.5. The zero-order valence-electron chi connectivity index (χ0n) is 16.8. The van der Waals surface area contributed by atoms with Gasteiger partial charge in [0.25, 0.3) is 11.6 Å². The number of phenols is 1. The van der Waals surface area contributed by atoms with Crippen LogP contribution in [0.25, 0.3) is 6.08 Å². The van der Waals surface area contributed by atoms with Crippen LogP contribution in [-0.2, 0) is 11.4 Å². The third-order valence-electron chi connectivity index (χ3n) is 4.41. The Bertz CT molecular complexity index is 1280. The molecular weight excluding hydrogens is 469 g/mol. The van der Waals surface area contributed by atoms with Gasteiger partial charge in [-0.15, -0.1) is 0 Å². The number of benzene rings is 3. The predicted octanol–water partition coefficient (Wildman–Crippen LogP) is 5.73. The minimum absolute atomic E-state index is 0.0589. The van der Waals surface area contributed by atoms with Gasteiger partial charge in [0.2, 0.25) is 0 Å². The lowest BCUT2D eigenvalue weighted by atomic mass is 10.1. The van der Waals surface area contributed by atoms with Crippen molar-refractivity contribution in [2.75, 3.05) is 5.32 Å². The maximum Gasteiger partial charge on any atom is 0.273 e. The molecule has 0 saturated heterocycles. The molecule has 0 spiro atoms. The highest BCUT2D eigenvalue weighted by atomic mass is 35.5. The van der Waals surface area contributed by atoms with Crippen molar-refractivity contribution < 1.29 is 19.6 Å². The van der Waals surface area contributed by atoms with Gasteiger partial charge in [-0.3, -0.25) is 14.9 Å². The van der Waals surface area contributed by atoms with Crippen molar-refractivity contribution in [3.8, 4) is 17.6 Å². The highest BCUT2D eigenvalue weighted by molar-refractivity contribution is 6.35. The number of ether oxygens (including phenoxy) is 1. The molecule has 0 fully saturated rings. The molecule has 0 aliphatic heterocycles. The van der Waals surface area contributed by atoms with E-state index in [1.807, 2.05) is 0 Å². The molecule has 3 aromatic carbocycles. The number of halogens is 2. The number of non-ortho nitro benzene ring substituents is 1. The average Bonchev–Trinajstić information content (AvgIpc) is 2.78. The van der Waals surface area contributed by atoms with Crippen LogP contribution in [0.3, 0.4) is 0 Å². The summed E-state index contributed by atoms with van der Waals surface area (Å²) in [5.74, 6) is -0.714. The minimum Gasteiger partial charge on any atom is -0.506 e. The smallest absolute Gasteiger partial charge is 0.273 e. The fraction of sp³-hybridized carbons (Fsp3) is 0.0435. The summed E-state index contributed by atoms with van der Waals surface area (Å²) in [6, 6.07) is 16.8. The van der Waals surface area contributed by atoms with Crippen molar-refractivity contribution in [3.63, 3.8) is 0 Å². The molecule has 0 atom stereocenters. The number of nitro groups is 1. The van der Waals surface area contributed by atoms with Crippen LogP contribution in [0.4, 0.5) is 11.4 Å². The summed E-state index contributed by atoms with van der Waals surface area (Å²) in [6.07, 6.45) is 1.36. The summed E-state index contributed by atoms with van der Waals surface area (Å²) in [7, 11) is 0. The zero-order chi connectivity index (χ0) is 24.0. The van der Waals surface area contributed by atoms with Gasteiger partial charge in [-0.2, -0.15) is 5.26 Å². The van der Waals surface area contributed by atoms with Crippen molar-refractivity contribution >= 4 is 46.6 Å². The maximum atomic E-state index is 12.4. The van der Waals surface area contributed by atoms with Crippen LogP contribution in [0.1, 0.15) is 11.1 Å². The van der Waals surface area contributed by atoms with E-state index in [1.54, 1.807) is 48.5 Å². The first-order valence-electron chi connectivity index (χ1n) is 9.34. The number of aromatic hydroxyl groups is 1. The Morgan fingerprint density at radius 1 is 1.15 bits per heavy atom. The van der Waals surface area contributed by atoms with E-state index >= 15 is 0 Å². The van der Waals surface area contributed by atoms with Crippen molar-refractivity contribution in [1.82, 2.24) is 0 Å². The Morgan fingerprint density at radius 3 is 2.48 bits per heavy atom. The van der Waals surface area contributed by atoms with Gasteiger partial charge in [-0.1, -0.05) is 41.4 Å². The van der Waals surface area contributed by atoms with E-state index in [0.717, 1.165) is 17.7 Å². The summed E-state index contributed by atoms with van der Waals surface area (Å²) < 4.78 is 5.70. The molecular formula is C23H15Cl2N3O5. The molecule has 0 aromatic heterocycles. The number of carbonyl (C=O) groups excluding carboxylic acids is 1. The lowest BCUT2D eigenvalue weighted by molar-refractivity contribution is -0.384. The summed E-state index contributed by atoms with van der Waals surface area (Å²) >= 11 is 12.0. The molecule has 33 heavy (non-hydrogen) atoms. The molecule has 166 valence electrons. The fourth-order valence-electron chi connectivity index (χ4n) is 2.70. The van der Waals surface area contributed by atoms with Crippen molar-refractivity contribution in [2.24, 2.45) is 0 Å². The van der Waals surface area contributed by atoms with E-state index in [-0.39, 0.29) is 23.6 Å². The molecule has 3 aromatic rings. The second kappa shape index (κ2) is 10.5. The second-order valence-corrected chi connectivity index (χ2v) is 7.52. The number of anilines is 1. The molecule has 0 heterocycles. The molecule has 0 aliphatic rings. The Kier molecular flexibility index (Phi) is 7.51. The van der Waals surface area contributed by atoms with Gasteiger partial charge in [-0.05, 0) is 42.0 Å². The number of carbonyl (C=O) groups is 1. The van der Waals surface area contributed by atoms with E-state index < -0.39 is 16.6 Å². The number of nitrogens with one attached hydrogen (secondary N) is 1. The van der Waals surface area contributed by atoms with E-state index in [0.29, 0.717) is 21.4 Å². The molecule has 1 amide bonds. The van der Waals surface area contributed by atoms with Gasteiger partial charge < -0.3 is 15.2 Å². The van der Waals surface area contributed by atoms with E-state index in [2.05, 4.69) is 5.32 Å². The quantitative estimate of drug-likeness (QED) is 0.145. The standard InChI is InChI=1S/C23H15Cl2N3O5/c24-17-4-3-15(20(25)10-17)13-33-19-6-1-14(2-7-19)9-16(12-26)23(30)27-21-8-5-18(28(31)32)11-22(21)29/h1-11,29H,13H2,(H,27,30)/b16-9-. The molecule has 8 nitrogen and oxygen atoms in total. The van der Waals surface area contributed by atoms with Crippen LogP contribution in [0.5, 0.6) is 11.5 Å². The number of nitro benzene ring substituents is 1. The number of hydrogen-bond donors (Lipinski definition) is 2. The highest BCUT2D eigenvalue weighted by Crippen LogP contribution is 2.28. The van der Waals surface area contributed by atoms with Crippen molar-refractivity contribution in [3.05, 3.63) is 97.5 Å². The van der Waals surface area contributed by atoms with Crippen LogP contribution in [0.2, 0.25) is 10.0 Å². The Hall–Kier alpha value is -4.06. The van der Waals surface area contributed by atoms with Crippen LogP contribution < -0.4 is 10.1 Å². The Labute approximate surface area is 198 Å². The number of nitriles is 1. The number of amides is 1. The van der Waals surface area contributed by atoms with Crippen LogP contribution >= 0.6 is 23.2 Å². The number of rotatable bonds is 7. The summed E-state index contributed by atoms with van der Waals surface area (Å²) in [6.45, 7) is 0.232. The van der Waals surface area contributed by atoms with Crippen LogP contribution in [0, 0.1) is 21.4 Å². The van der Waals surface area contributed by atoms with Gasteiger partial charge >= 0.3 is 0 Å². The molecule has 3 rings (SSSR count). The molecule has 2 N–H and O–H groups in total. The molecule has 10 heteroatoms. The largest absolute Gasteiger partial charge is 0.506 e. The van der Waals surface area contributed by atoms with Gasteiger partial charge in [0, 0.05) is 21.7 Å². The number of hydrogen-bond acceptors (Lipinski definition) is 6. The lowest BCUT2D eigenvalue weighted by Gasteiger charge is -2.09. The van der Waals surface area contributed by atoms with Gasteiger partial charge in [0.1, 0.15) is 29.7 Å². The molecule has 0 saturated carbocycles. The topological polar surface area (TPSA) is 125 Å². The number of nitrogens with zero attached hydrogens (tertiary/aromatic N) is 2. The Morgan fingerprint density at radius 2 is 1.88 bits per heavy atom. The first-order valence-corrected chi connectivity index (χ1v) is 10.1. The summed E-state index contributed by atoms with van der Waals surface area (Å²) in [5, 5.41) is 33.4. The molecule has 0 bridgehead atoms. The van der Waals surface area contributed by atoms with Crippen molar-refractivity contribution in [2.45, 2.75) is 6.61 Å². The third-order valence-corrected chi connectivity index (χ3v) is 4.99. The first kappa shape index (κ1) is 23.6. The Balaban J connectivity index is 1.67. The molecule has 0 unspecified atom stereocenters. The maximum absolute atomic E-state index is 12.4. The minimum atomic E-state index is -0.778. The van der Waals surface area contributed by atoms with Gasteiger partial charge in [0.15, 0.2) is 0 Å². The van der Waals surface area contributed by atoms with Gasteiger partial charge in [-0.25, -0.2) is 0 Å². The first-order chi connectivity index (χ1) is 15.8. The second-order valence-electron chi connectivity index (χ2n) is 6.68. The third kappa shape index (κ3) is 6.23. The normalized spacial score (nSPS) is 10.9. The highest BCUT2D eigenvalue weighted by Gasteiger charge is 2.15. The molecule has 0 radical (unpaired) electrons. The molecule has 0 aliphatic carbocycles. The fourth-order valence-corrected chi connectivity index (χ4v) is 3.17.